The van der Waals surface area contributed by atoms with Gasteiger partial charge in [0.1, 0.15) is 17.6 Å². The van der Waals surface area contributed by atoms with Crippen LogP contribution in [0.15, 0.2) is 54.2 Å². The maximum absolute atomic E-state index is 13.3. The Labute approximate surface area is 175 Å². The Morgan fingerprint density at radius 1 is 1.13 bits per heavy atom. The minimum absolute atomic E-state index is 0.0202. The van der Waals surface area contributed by atoms with Crippen molar-refractivity contribution in [3.63, 3.8) is 0 Å². The van der Waals surface area contributed by atoms with Crippen molar-refractivity contribution in [3.8, 4) is 0 Å². The van der Waals surface area contributed by atoms with E-state index >= 15 is 0 Å². The molecule has 1 aromatic heterocycles. The first-order valence-corrected chi connectivity index (χ1v) is 10.2. The van der Waals surface area contributed by atoms with Crippen LogP contribution in [0.5, 0.6) is 0 Å². The van der Waals surface area contributed by atoms with Gasteiger partial charge in [0.05, 0.1) is 11.3 Å². The number of hydrogen-bond acceptors (Lipinski definition) is 5. The molecule has 0 saturated carbocycles. The maximum atomic E-state index is 13.3. The summed E-state index contributed by atoms with van der Waals surface area (Å²) in [4.78, 5) is 33.8. The van der Waals surface area contributed by atoms with Gasteiger partial charge < -0.3 is 14.9 Å². The SMILES string of the molecule is CCN(CC)CCCN1C(=O)C(=O)/C(=C(/O)c2ccc(F)cc2)[C@H]1c1ccccn1. The number of aromatic nitrogens is 1. The van der Waals surface area contributed by atoms with Crippen LogP contribution in [0.3, 0.4) is 0 Å². The fourth-order valence-corrected chi connectivity index (χ4v) is 3.72. The second kappa shape index (κ2) is 9.63. The third-order valence-electron chi connectivity index (χ3n) is 5.39. The number of likely N-dealkylation sites (tertiary alicyclic amines) is 1. The van der Waals surface area contributed by atoms with Crippen molar-refractivity contribution in [1.29, 1.82) is 0 Å². The minimum Gasteiger partial charge on any atom is -0.507 e. The molecule has 7 heteroatoms. The van der Waals surface area contributed by atoms with Crippen LogP contribution in [-0.2, 0) is 9.59 Å². The van der Waals surface area contributed by atoms with Crippen LogP contribution in [0.4, 0.5) is 4.39 Å². The lowest BCUT2D eigenvalue weighted by Crippen LogP contribution is -2.33. The van der Waals surface area contributed by atoms with Crippen molar-refractivity contribution in [2.45, 2.75) is 26.3 Å². The molecule has 6 nitrogen and oxygen atoms in total. The van der Waals surface area contributed by atoms with E-state index in [0.717, 1.165) is 19.6 Å². The molecule has 0 bridgehead atoms. The molecular weight excluding hydrogens is 385 g/mol. The van der Waals surface area contributed by atoms with Crippen molar-refractivity contribution in [3.05, 3.63) is 71.3 Å². The Balaban J connectivity index is 1.99. The predicted octanol–water partition coefficient (Wildman–Crippen LogP) is 3.37. The predicted molar refractivity (Wildman–Crippen MR) is 112 cm³/mol. The average molecular weight is 411 g/mol. The zero-order valence-corrected chi connectivity index (χ0v) is 17.2. The number of carbonyl (C=O) groups excluding carboxylic acids is 2. The highest BCUT2D eigenvalue weighted by molar-refractivity contribution is 6.46. The van der Waals surface area contributed by atoms with Crippen LogP contribution in [0, 0.1) is 5.82 Å². The van der Waals surface area contributed by atoms with Crippen LogP contribution >= 0.6 is 0 Å². The molecule has 30 heavy (non-hydrogen) atoms. The molecule has 0 aliphatic carbocycles. The number of carbonyl (C=O) groups is 2. The van der Waals surface area contributed by atoms with Crippen molar-refractivity contribution in [1.82, 2.24) is 14.8 Å². The Hall–Kier alpha value is -3.06. The third-order valence-corrected chi connectivity index (χ3v) is 5.39. The van der Waals surface area contributed by atoms with E-state index in [1.54, 1.807) is 24.4 Å². The van der Waals surface area contributed by atoms with E-state index in [9.17, 15) is 19.1 Å². The molecule has 1 saturated heterocycles. The number of aliphatic hydroxyl groups excluding tert-OH is 1. The van der Waals surface area contributed by atoms with Gasteiger partial charge in [0.2, 0.25) is 0 Å². The summed E-state index contributed by atoms with van der Waals surface area (Å²) in [5.74, 6) is -2.19. The molecule has 1 fully saturated rings. The van der Waals surface area contributed by atoms with Gasteiger partial charge in [-0.25, -0.2) is 4.39 Å². The number of pyridine rings is 1. The number of hydrogen-bond donors (Lipinski definition) is 1. The molecule has 1 aliphatic heterocycles. The summed E-state index contributed by atoms with van der Waals surface area (Å²) in [5, 5.41) is 10.9. The summed E-state index contributed by atoms with van der Waals surface area (Å²) < 4.78 is 13.3. The smallest absolute Gasteiger partial charge is 0.295 e. The first-order valence-electron chi connectivity index (χ1n) is 10.2. The molecule has 1 aromatic carbocycles. The van der Waals surface area contributed by atoms with Crippen molar-refractivity contribution < 1.29 is 19.1 Å². The molecule has 2 heterocycles. The van der Waals surface area contributed by atoms with Gasteiger partial charge in [0, 0.05) is 18.3 Å². The van der Waals surface area contributed by atoms with Crippen LogP contribution < -0.4 is 0 Å². The van der Waals surface area contributed by atoms with E-state index in [2.05, 4.69) is 23.7 Å². The fraction of sp³-hybridized carbons (Fsp3) is 0.348. The summed E-state index contributed by atoms with van der Waals surface area (Å²) in [6.45, 7) is 7.12. The van der Waals surface area contributed by atoms with Gasteiger partial charge in [-0.05, 0) is 62.5 Å². The molecule has 2 aromatic rings. The van der Waals surface area contributed by atoms with E-state index < -0.39 is 23.5 Å². The Kier molecular flexibility index (Phi) is 6.95. The van der Waals surface area contributed by atoms with Crippen LogP contribution in [0.1, 0.15) is 37.6 Å². The van der Waals surface area contributed by atoms with E-state index in [4.69, 9.17) is 0 Å². The highest BCUT2D eigenvalue weighted by atomic mass is 19.1. The van der Waals surface area contributed by atoms with Gasteiger partial charge in [-0.15, -0.1) is 0 Å². The largest absolute Gasteiger partial charge is 0.507 e. The number of halogens is 1. The maximum Gasteiger partial charge on any atom is 0.295 e. The highest BCUT2D eigenvalue weighted by Crippen LogP contribution is 2.38. The quantitative estimate of drug-likeness (QED) is 0.410. The first kappa shape index (κ1) is 21.6. The average Bonchev–Trinajstić information content (AvgIpc) is 3.02. The summed E-state index contributed by atoms with van der Waals surface area (Å²) in [6, 6.07) is 9.63. The topological polar surface area (TPSA) is 73.7 Å². The lowest BCUT2D eigenvalue weighted by Gasteiger charge is -2.26. The van der Waals surface area contributed by atoms with Gasteiger partial charge in [0.15, 0.2) is 0 Å². The standard InChI is InChI=1S/C23H26FN3O3/c1-3-26(4-2)14-7-15-27-20(18-8-5-6-13-25-18)19(22(29)23(27)30)21(28)16-9-11-17(24)12-10-16/h5-6,8-13,20,28H,3-4,7,14-15H2,1-2H3/b21-19+/t20-/m1/s1. The van der Waals surface area contributed by atoms with E-state index in [0.29, 0.717) is 18.7 Å². The van der Waals surface area contributed by atoms with Crippen LogP contribution in [0.25, 0.3) is 5.76 Å². The van der Waals surface area contributed by atoms with Crippen molar-refractivity contribution in [2.75, 3.05) is 26.2 Å². The second-order valence-electron chi connectivity index (χ2n) is 7.13. The normalized spacial score (nSPS) is 18.4. The number of rotatable bonds is 8. The number of benzene rings is 1. The summed E-state index contributed by atoms with van der Waals surface area (Å²) in [5.41, 5.74) is 0.759. The number of nitrogens with zero attached hydrogens (tertiary/aromatic N) is 3. The molecule has 1 aliphatic rings. The molecule has 1 N–H and O–H groups in total. The number of aliphatic hydroxyl groups is 1. The number of ketones is 1. The van der Waals surface area contributed by atoms with Gasteiger partial charge in [0.25, 0.3) is 11.7 Å². The molecule has 1 atom stereocenters. The summed E-state index contributed by atoms with van der Waals surface area (Å²) in [6.07, 6.45) is 2.28. The third kappa shape index (κ3) is 4.41. The molecule has 0 radical (unpaired) electrons. The molecule has 158 valence electrons. The minimum atomic E-state index is -0.784. The fourth-order valence-electron chi connectivity index (χ4n) is 3.72. The molecule has 1 amide bonds. The number of Topliss-reactive ketones (excluding diaryl/α,β-unsaturated/α-hetero) is 1. The molecule has 3 rings (SSSR count). The molecule has 0 spiro atoms. The second-order valence-corrected chi connectivity index (χ2v) is 7.13. The zero-order chi connectivity index (χ0) is 21.7. The van der Waals surface area contributed by atoms with E-state index in [1.165, 1.54) is 29.2 Å². The molecular formula is C23H26FN3O3. The first-order chi connectivity index (χ1) is 14.5. The van der Waals surface area contributed by atoms with Crippen LogP contribution in [-0.4, -0.2) is 57.8 Å². The van der Waals surface area contributed by atoms with Crippen molar-refractivity contribution in [2.24, 2.45) is 0 Å². The highest BCUT2D eigenvalue weighted by Gasteiger charge is 2.46. The lowest BCUT2D eigenvalue weighted by molar-refractivity contribution is -0.140. The number of amides is 1. The van der Waals surface area contributed by atoms with Gasteiger partial charge in [-0.2, -0.15) is 0 Å². The van der Waals surface area contributed by atoms with Crippen LogP contribution in [0.2, 0.25) is 0 Å². The monoisotopic (exact) mass is 411 g/mol. The van der Waals surface area contributed by atoms with E-state index in [-0.39, 0.29) is 16.9 Å². The summed E-state index contributed by atoms with van der Waals surface area (Å²) in [7, 11) is 0. The van der Waals surface area contributed by atoms with Gasteiger partial charge in [-0.3, -0.25) is 14.6 Å². The summed E-state index contributed by atoms with van der Waals surface area (Å²) >= 11 is 0. The Morgan fingerprint density at radius 2 is 1.83 bits per heavy atom. The van der Waals surface area contributed by atoms with Crippen molar-refractivity contribution >= 4 is 17.4 Å². The van der Waals surface area contributed by atoms with Gasteiger partial charge >= 0.3 is 0 Å². The van der Waals surface area contributed by atoms with Gasteiger partial charge in [-0.1, -0.05) is 19.9 Å². The lowest BCUT2D eigenvalue weighted by atomic mass is 9.98. The molecule has 0 unspecified atom stereocenters. The Bertz CT molecular complexity index is 924. The zero-order valence-electron chi connectivity index (χ0n) is 17.2. The Morgan fingerprint density at radius 3 is 2.43 bits per heavy atom. The van der Waals surface area contributed by atoms with E-state index in [1.807, 2.05) is 0 Å².